The summed E-state index contributed by atoms with van der Waals surface area (Å²) in [4.78, 5) is 34.4. The van der Waals surface area contributed by atoms with Crippen LogP contribution in [0.2, 0.25) is 0 Å². The molecule has 0 saturated carbocycles. The van der Waals surface area contributed by atoms with Crippen molar-refractivity contribution >= 4 is 33.4 Å². The van der Waals surface area contributed by atoms with Gasteiger partial charge >= 0.3 is 0 Å². The molecule has 0 saturated heterocycles. The van der Waals surface area contributed by atoms with Crippen molar-refractivity contribution in [1.82, 2.24) is 10.9 Å². The van der Waals surface area contributed by atoms with Crippen LogP contribution in [-0.2, 0) is 4.79 Å². The van der Waals surface area contributed by atoms with Crippen LogP contribution in [-0.4, -0.2) is 30.0 Å². The summed E-state index contributed by atoms with van der Waals surface area (Å²) in [5.74, 6) is -0.437. The van der Waals surface area contributed by atoms with Crippen molar-refractivity contribution in [1.29, 1.82) is 0 Å². The number of halogens is 1. The van der Waals surface area contributed by atoms with Gasteiger partial charge in [0.25, 0.3) is 17.5 Å². The average Bonchev–Trinajstić information content (AvgIpc) is 2.71. The number of nitrogens with zero attached hydrogens (tertiary/aromatic N) is 1. The van der Waals surface area contributed by atoms with Gasteiger partial charge < -0.3 is 9.47 Å². The molecule has 0 aliphatic rings. The summed E-state index contributed by atoms with van der Waals surface area (Å²) >= 11 is 3.31. The summed E-state index contributed by atoms with van der Waals surface area (Å²) in [6.45, 7) is 2.14. The topological polar surface area (TPSA) is 120 Å². The summed E-state index contributed by atoms with van der Waals surface area (Å²) in [6, 6.07) is 10.3. The minimum atomic E-state index is -0.597. The van der Waals surface area contributed by atoms with E-state index in [4.69, 9.17) is 9.47 Å². The van der Waals surface area contributed by atoms with Crippen LogP contribution >= 0.6 is 15.9 Å². The predicted molar refractivity (Wildman–Crippen MR) is 109 cm³/mol. The van der Waals surface area contributed by atoms with Gasteiger partial charge in [0.2, 0.25) is 0 Å². The van der Waals surface area contributed by atoms with Crippen LogP contribution < -0.4 is 20.3 Å². The minimum Gasteiger partial charge on any atom is -0.493 e. The van der Waals surface area contributed by atoms with Crippen LogP contribution in [0.5, 0.6) is 11.5 Å². The van der Waals surface area contributed by atoms with E-state index in [-0.39, 0.29) is 23.6 Å². The molecule has 0 atom stereocenters. The monoisotopic (exact) mass is 465 g/mol. The Labute approximate surface area is 175 Å². The van der Waals surface area contributed by atoms with Crippen molar-refractivity contribution in [3.05, 3.63) is 62.6 Å². The number of carbonyl (C=O) groups excluding carboxylic acids is 2. The fourth-order valence-corrected chi connectivity index (χ4v) is 2.54. The molecule has 0 aliphatic carbocycles. The molecule has 0 heterocycles. The standard InChI is InChI=1S/C19H20BrN3O6/c1-2-3-10-28-17-9-4-13(20)11-16(17)19(25)22-21-18(24)12-29-15-7-5-14(6-8-15)23(26)27/h4-9,11H,2-3,10,12H2,1H3,(H,21,24)(H,22,25). The maximum absolute atomic E-state index is 12.4. The Kier molecular flexibility index (Phi) is 8.41. The fraction of sp³-hybridized carbons (Fsp3) is 0.263. The first-order valence-electron chi connectivity index (χ1n) is 8.79. The van der Waals surface area contributed by atoms with Crippen LogP contribution in [0.4, 0.5) is 5.69 Å². The van der Waals surface area contributed by atoms with Crippen molar-refractivity contribution in [3.8, 4) is 11.5 Å². The van der Waals surface area contributed by atoms with Crippen molar-refractivity contribution < 1.29 is 24.0 Å². The van der Waals surface area contributed by atoms with E-state index in [2.05, 4.69) is 26.8 Å². The number of hydrazine groups is 1. The molecular weight excluding hydrogens is 446 g/mol. The first-order chi connectivity index (χ1) is 13.9. The second-order valence-corrected chi connectivity index (χ2v) is 6.80. The van der Waals surface area contributed by atoms with Gasteiger partial charge in [0.1, 0.15) is 11.5 Å². The molecule has 154 valence electrons. The fourth-order valence-electron chi connectivity index (χ4n) is 2.17. The van der Waals surface area contributed by atoms with Crippen LogP contribution in [0, 0.1) is 10.1 Å². The molecule has 9 nitrogen and oxygen atoms in total. The number of carbonyl (C=O) groups is 2. The number of nitro groups is 1. The Morgan fingerprint density at radius 3 is 2.48 bits per heavy atom. The van der Waals surface area contributed by atoms with Crippen LogP contribution in [0.3, 0.4) is 0 Å². The maximum Gasteiger partial charge on any atom is 0.276 e. The van der Waals surface area contributed by atoms with E-state index >= 15 is 0 Å². The molecule has 2 N–H and O–H groups in total. The van der Waals surface area contributed by atoms with Gasteiger partial charge in [-0.1, -0.05) is 29.3 Å². The third-order valence-electron chi connectivity index (χ3n) is 3.67. The molecule has 0 spiro atoms. The van der Waals surface area contributed by atoms with Crippen LogP contribution in [0.25, 0.3) is 0 Å². The lowest BCUT2D eigenvalue weighted by atomic mass is 10.2. The zero-order valence-corrected chi connectivity index (χ0v) is 17.2. The summed E-state index contributed by atoms with van der Waals surface area (Å²) in [5.41, 5.74) is 4.75. The molecule has 2 aromatic carbocycles. The zero-order valence-electron chi connectivity index (χ0n) is 15.6. The van der Waals surface area contributed by atoms with E-state index in [1.807, 2.05) is 6.92 Å². The molecule has 0 unspecified atom stereocenters. The van der Waals surface area contributed by atoms with Gasteiger partial charge in [-0.25, -0.2) is 0 Å². The summed E-state index contributed by atoms with van der Waals surface area (Å²) < 4.78 is 11.5. The SMILES string of the molecule is CCCCOc1ccc(Br)cc1C(=O)NNC(=O)COc1ccc([N+](=O)[O-])cc1. The van der Waals surface area contributed by atoms with E-state index in [0.717, 1.165) is 12.8 Å². The lowest BCUT2D eigenvalue weighted by molar-refractivity contribution is -0.384. The van der Waals surface area contributed by atoms with Crippen LogP contribution in [0.1, 0.15) is 30.1 Å². The second kappa shape index (κ2) is 11.0. The normalized spacial score (nSPS) is 10.1. The number of hydrogen-bond acceptors (Lipinski definition) is 6. The van der Waals surface area contributed by atoms with Gasteiger partial charge in [-0.05, 0) is 36.8 Å². The number of ether oxygens (including phenoxy) is 2. The largest absolute Gasteiger partial charge is 0.493 e. The first-order valence-corrected chi connectivity index (χ1v) is 9.58. The van der Waals surface area contributed by atoms with E-state index in [9.17, 15) is 19.7 Å². The van der Waals surface area contributed by atoms with Crippen molar-refractivity contribution in [2.24, 2.45) is 0 Å². The van der Waals surface area contributed by atoms with E-state index in [0.29, 0.717) is 16.8 Å². The molecule has 0 radical (unpaired) electrons. The molecule has 10 heteroatoms. The van der Waals surface area contributed by atoms with Gasteiger partial charge in [-0.15, -0.1) is 0 Å². The molecule has 2 aromatic rings. The minimum absolute atomic E-state index is 0.0833. The Hall–Kier alpha value is -3.14. The van der Waals surface area contributed by atoms with E-state index in [1.165, 1.54) is 24.3 Å². The molecule has 0 bridgehead atoms. The molecule has 29 heavy (non-hydrogen) atoms. The second-order valence-electron chi connectivity index (χ2n) is 5.88. The van der Waals surface area contributed by atoms with Crippen molar-refractivity contribution in [3.63, 3.8) is 0 Å². The number of rotatable bonds is 9. The highest BCUT2D eigenvalue weighted by Gasteiger charge is 2.15. The Balaban J connectivity index is 1.87. The highest BCUT2D eigenvalue weighted by atomic mass is 79.9. The van der Waals surface area contributed by atoms with Crippen molar-refractivity contribution in [2.45, 2.75) is 19.8 Å². The number of non-ortho nitro benzene ring substituents is 1. The molecule has 0 fully saturated rings. The van der Waals surface area contributed by atoms with Crippen LogP contribution in [0.15, 0.2) is 46.9 Å². The highest BCUT2D eigenvalue weighted by molar-refractivity contribution is 9.10. The van der Waals surface area contributed by atoms with Crippen molar-refractivity contribution in [2.75, 3.05) is 13.2 Å². The number of amides is 2. The molecular formula is C19H20BrN3O6. The Morgan fingerprint density at radius 1 is 1.10 bits per heavy atom. The number of nitro benzene ring substituents is 1. The Morgan fingerprint density at radius 2 is 1.83 bits per heavy atom. The number of hydrogen-bond donors (Lipinski definition) is 2. The summed E-state index contributed by atoms with van der Waals surface area (Å²) in [6.07, 6.45) is 1.82. The number of unbranched alkanes of at least 4 members (excludes halogenated alkanes) is 1. The van der Waals surface area contributed by atoms with Gasteiger partial charge in [0, 0.05) is 16.6 Å². The van der Waals surface area contributed by atoms with Gasteiger partial charge in [-0.2, -0.15) is 0 Å². The number of benzene rings is 2. The summed E-state index contributed by atoms with van der Waals surface area (Å²) in [5, 5.41) is 10.6. The Bertz CT molecular complexity index is 873. The number of nitrogens with one attached hydrogen (secondary N) is 2. The van der Waals surface area contributed by atoms with Gasteiger partial charge in [0.15, 0.2) is 6.61 Å². The predicted octanol–water partition coefficient (Wildman–Crippen LogP) is 3.38. The third kappa shape index (κ3) is 7.07. The smallest absolute Gasteiger partial charge is 0.276 e. The van der Waals surface area contributed by atoms with E-state index < -0.39 is 16.7 Å². The lowest BCUT2D eigenvalue weighted by Gasteiger charge is -2.13. The lowest BCUT2D eigenvalue weighted by Crippen LogP contribution is -2.44. The highest BCUT2D eigenvalue weighted by Crippen LogP contribution is 2.23. The summed E-state index contributed by atoms with van der Waals surface area (Å²) in [7, 11) is 0. The average molecular weight is 466 g/mol. The van der Waals surface area contributed by atoms with Gasteiger partial charge in [0.05, 0.1) is 17.1 Å². The maximum atomic E-state index is 12.4. The third-order valence-corrected chi connectivity index (χ3v) is 4.17. The first kappa shape index (κ1) is 22.2. The molecule has 2 rings (SSSR count). The molecule has 2 amide bonds. The molecule has 0 aliphatic heterocycles. The quantitative estimate of drug-likeness (QED) is 0.332. The molecule has 0 aromatic heterocycles. The zero-order chi connectivity index (χ0) is 21.2. The van der Waals surface area contributed by atoms with E-state index in [1.54, 1.807) is 18.2 Å². The van der Waals surface area contributed by atoms with Gasteiger partial charge in [-0.3, -0.25) is 30.6 Å².